The third-order valence-corrected chi connectivity index (χ3v) is 4.94. The Kier molecular flexibility index (Phi) is 5.02. The van der Waals surface area contributed by atoms with Crippen LogP contribution in [0.4, 0.5) is 0 Å². The number of carbonyl (C=O) groups excluding carboxylic acids is 1. The van der Waals surface area contributed by atoms with Crippen molar-refractivity contribution in [3.8, 4) is 0 Å². The summed E-state index contributed by atoms with van der Waals surface area (Å²) in [5.41, 5.74) is 4.63. The number of fused-ring (bicyclic) bond motifs is 1. The number of amides is 1. The molecule has 0 aliphatic heterocycles. The van der Waals surface area contributed by atoms with Crippen LogP contribution in [0.5, 0.6) is 0 Å². The molecule has 0 saturated carbocycles. The Balaban J connectivity index is 1.80. The van der Waals surface area contributed by atoms with Crippen LogP contribution in [0.15, 0.2) is 42.5 Å². The molecule has 0 radical (unpaired) electrons. The van der Waals surface area contributed by atoms with Crippen LogP contribution in [0.1, 0.15) is 59.3 Å². The van der Waals surface area contributed by atoms with Crippen LogP contribution < -0.4 is 5.32 Å². The summed E-state index contributed by atoms with van der Waals surface area (Å²) < 4.78 is 0. The van der Waals surface area contributed by atoms with Crippen LogP contribution in [0.3, 0.4) is 0 Å². The number of aryl methyl sites for hydroxylation is 2. The summed E-state index contributed by atoms with van der Waals surface area (Å²) in [6, 6.07) is 13.9. The van der Waals surface area contributed by atoms with E-state index in [1.54, 1.807) is 12.1 Å². The van der Waals surface area contributed by atoms with Crippen LogP contribution >= 0.6 is 11.6 Å². The van der Waals surface area contributed by atoms with Gasteiger partial charge >= 0.3 is 0 Å². The first-order chi connectivity index (χ1) is 11.2. The van der Waals surface area contributed by atoms with Gasteiger partial charge in [-0.25, -0.2) is 0 Å². The monoisotopic (exact) mass is 327 g/mol. The van der Waals surface area contributed by atoms with Crippen LogP contribution in [0.25, 0.3) is 0 Å². The number of benzene rings is 2. The average molecular weight is 328 g/mol. The Morgan fingerprint density at radius 2 is 1.87 bits per heavy atom. The molecule has 3 heteroatoms. The molecule has 0 spiro atoms. The zero-order valence-corrected chi connectivity index (χ0v) is 14.2. The van der Waals surface area contributed by atoms with Gasteiger partial charge in [0.05, 0.1) is 16.6 Å². The summed E-state index contributed by atoms with van der Waals surface area (Å²) in [6.07, 6.45) is 5.73. The molecule has 2 aromatic rings. The second-order valence-corrected chi connectivity index (χ2v) is 6.56. The van der Waals surface area contributed by atoms with Crippen molar-refractivity contribution in [3.63, 3.8) is 0 Å². The maximum absolute atomic E-state index is 12.5. The highest BCUT2D eigenvalue weighted by Crippen LogP contribution is 2.26. The molecule has 3 rings (SSSR count). The first-order valence-corrected chi connectivity index (χ1v) is 8.74. The summed E-state index contributed by atoms with van der Waals surface area (Å²) in [6.45, 7) is 2.09. The lowest BCUT2D eigenvalue weighted by Gasteiger charge is -2.22. The van der Waals surface area contributed by atoms with E-state index in [1.165, 1.54) is 36.0 Å². The molecule has 0 bridgehead atoms. The van der Waals surface area contributed by atoms with Crippen molar-refractivity contribution in [1.29, 1.82) is 0 Å². The quantitative estimate of drug-likeness (QED) is 0.831. The fraction of sp³-hybridized carbons (Fsp3) is 0.350. The van der Waals surface area contributed by atoms with E-state index in [2.05, 4.69) is 30.4 Å². The van der Waals surface area contributed by atoms with Gasteiger partial charge in [0.2, 0.25) is 0 Å². The summed E-state index contributed by atoms with van der Waals surface area (Å²) in [5.74, 6) is -0.111. The maximum Gasteiger partial charge on any atom is 0.253 e. The molecule has 2 aromatic carbocycles. The van der Waals surface area contributed by atoms with Crippen LogP contribution in [-0.2, 0) is 12.8 Å². The number of hydrogen-bond acceptors (Lipinski definition) is 1. The molecule has 120 valence electrons. The third-order valence-electron chi connectivity index (χ3n) is 4.61. The molecular weight excluding hydrogens is 306 g/mol. The van der Waals surface area contributed by atoms with E-state index in [0.717, 1.165) is 12.8 Å². The van der Waals surface area contributed by atoms with Gasteiger partial charge in [0.1, 0.15) is 0 Å². The van der Waals surface area contributed by atoms with E-state index in [9.17, 15) is 4.79 Å². The first-order valence-electron chi connectivity index (χ1n) is 8.36. The zero-order valence-electron chi connectivity index (χ0n) is 13.4. The van der Waals surface area contributed by atoms with Crippen molar-refractivity contribution in [2.75, 3.05) is 0 Å². The van der Waals surface area contributed by atoms with Gasteiger partial charge < -0.3 is 5.32 Å². The molecular formula is C20H22ClNO. The minimum atomic E-state index is -0.111. The summed E-state index contributed by atoms with van der Waals surface area (Å²) in [4.78, 5) is 12.5. The normalized spacial score (nSPS) is 14.9. The van der Waals surface area contributed by atoms with Crippen molar-refractivity contribution >= 4 is 17.5 Å². The Labute approximate surface area is 142 Å². The first kappa shape index (κ1) is 16.1. The van der Waals surface area contributed by atoms with Crippen molar-refractivity contribution in [3.05, 3.63) is 69.7 Å². The molecule has 1 aliphatic carbocycles. The van der Waals surface area contributed by atoms with Gasteiger partial charge in [-0.2, -0.15) is 0 Å². The van der Waals surface area contributed by atoms with E-state index in [0.29, 0.717) is 10.6 Å². The third kappa shape index (κ3) is 3.59. The van der Waals surface area contributed by atoms with E-state index in [-0.39, 0.29) is 11.9 Å². The topological polar surface area (TPSA) is 29.1 Å². The number of nitrogens with one attached hydrogen (secondary N) is 1. The van der Waals surface area contributed by atoms with Gasteiger partial charge in [-0.3, -0.25) is 4.79 Å². The van der Waals surface area contributed by atoms with Crippen molar-refractivity contribution < 1.29 is 4.79 Å². The minimum absolute atomic E-state index is 0.0194. The number of halogens is 1. The minimum Gasteiger partial charge on any atom is -0.345 e. The highest BCUT2D eigenvalue weighted by atomic mass is 35.5. The Hall–Kier alpha value is -1.80. The van der Waals surface area contributed by atoms with E-state index < -0.39 is 0 Å². The van der Waals surface area contributed by atoms with Crippen LogP contribution in [0.2, 0.25) is 5.02 Å². The number of hydrogen-bond donors (Lipinski definition) is 1. The lowest BCUT2D eigenvalue weighted by Crippen LogP contribution is -2.28. The van der Waals surface area contributed by atoms with Crippen LogP contribution in [0, 0.1) is 0 Å². The maximum atomic E-state index is 12.5. The van der Waals surface area contributed by atoms with Gasteiger partial charge in [0.25, 0.3) is 5.91 Å². The van der Waals surface area contributed by atoms with Gasteiger partial charge in [-0.15, -0.1) is 0 Å². The zero-order chi connectivity index (χ0) is 16.2. The lowest BCUT2D eigenvalue weighted by molar-refractivity contribution is 0.0935. The van der Waals surface area contributed by atoms with Gasteiger partial charge in [0, 0.05) is 0 Å². The molecule has 0 fully saturated rings. The Morgan fingerprint density at radius 3 is 2.61 bits per heavy atom. The fourth-order valence-electron chi connectivity index (χ4n) is 3.27. The predicted octanol–water partition coefficient (Wildman–Crippen LogP) is 5.10. The van der Waals surface area contributed by atoms with E-state index in [1.807, 2.05) is 12.1 Å². The second kappa shape index (κ2) is 7.18. The Morgan fingerprint density at radius 1 is 1.13 bits per heavy atom. The molecule has 1 amide bonds. The van der Waals surface area contributed by atoms with E-state index in [4.69, 9.17) is 11.6 Å². The number of carbonyl (C=O) groups is 1. The van der Waals surface area contributed by atoms with Crippen molar-refractivity contribution in [2.45, 2.75) is 45.1 Å². The van der Waals surface area contributed by atoms with Gasteiger partial charge in [-0.1, -0.05) is 48.9 Å². The fourth-order valence-corrected chi connectivity index (χ4v) is 3.49. The summed E-state index contributed by atoms with van der Waals surface area (Å²) in [5, 5.41) is 3.61. The summed E-state index contributed by atoms with van der Waals surface area (Å²) in [7, 11) is 0. The highest BCUT2D eigenvalue weighted by Gasteiger charge is 2.18. The molecule has 1 atom stereocenters. The molecule has 0 unspecified atom stereocenters. The molecule has 2 nitrogen and oxygen atoms in total. The largest absolute Gasteiger partial charge is 0.345 e. The molecule has 23 heavy (non-hydrogen) atoms. The summed E-state index contributed by atoms with van der Waals surface area (Å²) >= 11 is 6.13. The standard InChI is InChI=1S/C20H22ClNO/c1-2-19(22-20(23)17-9-5-6-10-18(17)21)16-12-11-14-7-3-4-8-15(14)13-16/h5-6,9-13,19H,2-4,7-8H2,1H3,(H,22,23)/t19-/m0/s1. The van der Waals surface area contributed by atoms with Crippen LogP contribution in [-0.4, -0.2) is 5.91 Å². The Bertz CT molecular complexity index is 711. The van der Waals surface area contributed by atoms with Gasteiger partial charge in [-0.05, 0) is 60.9 Å². The SMILES string of the molecule is CC[C@H](NC(=O)c1ccccc1Cl)c1ccc2c(c1)CCCC2. The lowest BCUT2D eigenvalue weighted by atomic mass is 9.88. The van der Waals surface area contributed by atoms with Gasteiger partial charge in [0.15, 0.2) is 0 Å². The number of rotatable bonds is 4. The van der Waals surface area contributed by atoms with Crippen molar-refractivity contribution in [2.24, 2.45) is 0 Å². The molecule has 1 aliphatic rings. The molecule has 0 heterocycles. The smallest absolute Gasteiger partial charge is 0.253 e. The second-order valence-electron chi connectivity index (χ2n) is 6.15. The average Bonchev–Trinajstić information content (AvgIpc) is 2.59. The molecule has 0 saturated heterocycles. The molecule has 1 N–H and O–H groups in total. The predicted molar refractivity (Wildman–Crippen MR) is 95.0 cm³/mol. The van der Waals surface area contributed by atoms with E-state index >= 15 is 0 Å². The highest BCUT2D eigenvalue weighted by molar-refractivity contribution is 6.33. The van der Waals surface area contributed by atoms with Crippen molar-refractivity contribution in [1.82, 2.24) is 5.32 Å². The molecule has 0 aromatic heterocycles.